The summed E-state index contributed by atoms with van der Waals surface area (Å²) in [6, 6.07) is 1.35. The highest BCUT2D eigenvalue weighted by Crippen LogP contribution is 2.39. The van der Waals surface area contributed by atoms with E-state index in [-0.39, 0.29) is 0 Å². The number of halogens is 1. The normalized spacial score (nSPS) is 23.1. The van der Waals surface area contributed by atoms with E-state index in [1.54, 1.807) is 0 Å². The number of rotatable bonds is 3. The molecule has 13 heavy (non-hydrogen) atoms. The Kier molecular flexibility index (Phi) is 3.84. The molecule has 1 saturated heterocycles. The lowest BCUT2D eigenvalue weighted by molar-refractivity contribution is 0.0337. The van der Waals surface area contributed by atoms with Crippen LogP contribution in [0.3, 0.4) is 0 Å². The quantitative estimate of drug-likeness (QED) is 0.524. The Bertz CT molecular complexity index is 159. The van der Waals surface area contributed by atoms with Crippen LogP contribution < -0.4 is 0 Å². The van der Waals surface area contributed by atoms with Crippen LogP contribution >= 0.6 is 11.6 Å². The summed E-state index contributed by atoms with van der Waals surface area (Å²) in [5, 5.41) is 0. The van der Waals surface area contributed by atoms with Gasteiger partial charge in [-0.25, -0.2) is 0 Å². The zero-order valence-electron chi connectivity index (χ0n) is 9.03. The predicted octanol–water partition coefficient (Wildman–Crippen LogP) is 3.36. The molecular weight excluding hydrogens is 200 g/mol. The Balaban J connectivity index is 2.57. The summed E-state index contributed by atoms with van der Waals surface area (Å²) >= 11 is 6.11. The fourth-order valence-electron chi connectivity index (χ4n) is 2.29. The van der Waals surface area contributed by atoms with Crippen molar-refractivity contribution in [3.05, 3.63) is 0 Å². The molecule has 0 spiro atoms. The van der Waals surface area contributed by atoms with Gasteiger partial charge in [0.2, 0.25) is 0 Å². The van der Waals surface area contributed by atoms with Crippen molar-refractivity contribution in [2.75, 3.05) is 19.1 Å². The lowest BCUT2D eigenvalue weighted by atomic mass is 9.84. The molecule has 0 bridgehead atoms. The summed E-state index contributed by atoms with van der Waals surface area (Å²) in [6.07, 6.45) is 2.33. The maximum atomic E-state index is 6.11. The van der Waals surface area contributed by atoms with Crippen molar-refractivity contribution in [1.82, 2.24) is 0 Å². The molecule has 1 heterocycles. The van der Waals surface area contributed by atoms with Crippen LogP contribution in [0.1, 0.15) is 12.8 Å². The van der Waals surface area contributed by atoms with E-state index in [1.807, 2.05) is 0 Å². The van der Waals surface area contributed by atoms with Crippen LogP contribution in [0.2, 0.25) is 25.7 Å². The Hall–Kier alpha value is 0.467. The standard InChI is InChI=1S/C10H21ClOSi/c1-13(2,3)9-10(8-11)4-6-12-7-5-10/h4-9H2,1-3H3. The predicted molar refractivity (Wildman–Crippen MR) is 61.4 cm³/mol. The lowest BCUT2D eigenvalue weighted by Gasteiger charge is -2.39. The number of hydrogen-bond donors (Lipinski definition) is 0. The third-order valence-electron chi connectivity index (χ3n) is 2.74. The molecule has 1 fully saturated rings. The van der Waals surface area contributed by atoms with Crippen LogP contribution in [0.5, 0.6) is 0 Å². The highest BCUT2D eigenvalue weighted by atomic mass is 35.5. The molecule has 78 valence electrons. The van der Waals surface area contributed by atoms with Crippen LogP contribution in [-0.2, 0) is 4.74 Å². The molecule has 0 atom stereocenters. The second-order valence-electron chi connectivity index (χ2n) is 5.48. The van der Waals surface area contributed by atoms with Crippen molar-refractivity contribution in [1.29, 1.82) is 0 Å². The molecule has 3 heteroatoms. The molecule has 1 aliphatic rings. The number of hydrogen-bond acceptors (Lipinski definition) is 1. The van der Waals surface area contributed by atoms with Gasteiger partial charge in [0.15, 0.2) is 0 Å². The maximum Gasteiger partial charge on any atom is 0.0471 e. The zero-order valence-corrected chi connectivity index (χ0v) is 10.8. The number of ether oxygens (including phenoxy) is 1. The SMILES string of the molecule is C[Si](C)(C)CC1(CCl)CCOCC1. The Morgan fingerprint density at radius 3 is 2.15 bits per heavy atom. The van der Waals surface area contributed by atoms with E-state index < -0.39 is 8.07 Å². The molecule has 0 aromatic rings. The smallest absolute Gasteiger partial charge is 0.0471 e. The minimum Gasteiger partial charge on any atom is -0.381 e. The summed E-state index contributed by atoms with van der Waals surface area (Å²) in [4.78, 5) is 0. The summed E-state index contributed by atoms with van der Waals surface area (Å²) in [5.41, 5.74) is 0.407. The van der Waals surface area contributed by atoms with Crippen LogP contribution in [-0.4, -0.2) is 27.2 Å². The first-order valence-electron chi connectivity index (χ1n) is 5.11. The summed E-state index contributed by atoms with van der Waals surface area (Å²) in [7, 11) is -0.978. The van der Waals surface area contributed by atoms with Crippen molar-refractivity contribution in [3.63, 3.8) is 0 Å². The van der Waals surface area contributed by atoms with Gasteiger partial charge in [-0.3, -0.25) is 0 Å². The largest absolute Gasteiger partial charge is 0.381 e. The minimum atomic E-state index is -0.978. The molecule has 0 saturated carbocycles. The van der Waals surface area contributed by atoms with E-state index in [1.165, 1.54) is 18.9 Å². The van der Waals surface area contributed by atoms with Crippen molar-refractivity contribution in [2.45, 2.75) is 38.5 Å². The van der Waals surface area contributed by atoms with Crippen LogP contribution in [0, 0.1) is 5.41 Å². The molecule has 0 amide bonds. The summed E-state index contributed by atoms with van der Waals surface area (Å²) in [5.74, 6) is 0.820. The van der Waals surface area contributed by atoms with Crippen molar-refractivity contribution < 1.29 is 4.74 Å². The van der Waals surface area contributed by atoms with E-state index in [4.69, 9.17) is 16.3 Å². The van der Waals surface area contributed by atoms with Gasteiger partial charge in [-0.15, -0.1) is 11.6 Å². The van der Waals surface area contributed by atoms with Gasteiger partial charge in [0, 0.05) is 27.2 Å². The molecule has 0 unspecified atom stereocenters. The van der Waals surface area contributed by atoms with E-state index in [0.717, 1.165) is 19.1 Å². The summed E-state index contributed by atoms with van der Waals surface area (Å²) < 4.78 is 5.40. The van der Waals surface area contributed by atoms with E-state index in [2.05, 4.69) is 19.6 Å². The molecular formula is C10H21ClOSi. The van der Waals surface area contributed by atoms with E-state index in [9.17, 15) is 0 Å². The fraction of sp³-hybridized carbons (Fsp3) is 1.00. The van der Waals surface area contributed by atoms with Gasteiger partial charge in [-0.05, 0) is 18.3 Å². The number of alkyl halides is 1. The van der Waals surface area contributed by atoms with Crippen molar-refractivity contribution >= 4 is 19.7 Å². The van der Waals surface area contributed by atoms with E-state index >= 15 is 0 Å². The summed E-state index contributed by atoms with van der Waals surface area (Å²) in [6.45, 7) is 9.11. The molecule has 0 N–H and O–H groups in total. The third kappa shape index (κ3) is 3.60. The first-order valence-corrected chi connectivity index (χ1v) is 9.35. The average molecular weight is 221 g/mol. The monoisotopic (exact) mass is 220 g/mol. The highest BCUT2D eigenvalue weighted by molar-refractivity contribution is 6.76. The van der Waals surface area contributed by atoms with Gasteiger partial charge in [0.05, 0.1) is 0 Å². The lowest BCUT2D eigenvalue weighted by Crippen LogP contribution is -2.38. The molecule has 0 aromatic heterocycles. The van der Waals surface area contributed by atoms with Gasteiger partial charge >= 0.3 is 0 Å². The first kappa shape index (κ1) is 11.5. The van der Waals surface area contributed by atoms with E-state index in [0.29, 0.717) is 5.41 Å². The molecule has 1 aliphatic heterocycles. The third-order valence-corrected chi connectivity index (χ3v) is 5.12. The zero-order chi connectivity index (χ0) is 9.95. The molecule has 0 aromatic carbocycles. The molecule has 1 rings (SSSR count). The topological polar surface area (TPSA) is 9.23 Å². The average Bonchev–Trinajstić information content (AvgIpc) is 2.03. The van der Waals surface area contributed by atoms with Crippen LogP contribution in [0.15, 0.2) is 0 Å². The van der Waals surface area contributed by atoms with Gasteiger partial charge in [-0.2, -0.15) is 0 Å². The van der Waals surface area contributed by atoms with Gasteiger partial charge < -0.3 is 4.74 Å². The van der Waals surface area contributed by atoms with Crippen molar-refractivity contribution in [3.8, 4) is 0 Å². The Labute approximate surface area is 87.8 Å². The molecule has 1 nitrogen and oxygen atoms in total. The Morgan fingerprint density at radius 1 is 1.23 bits per heavy atom. The molecule has 0 radical (unpaired) electrons. The fourth-order valence-corrected chi connectivity index (χ4v) is 5.54. The maximum absolute atomic E-state index is 6.11. The van der Waals surface area contributed by atoms with Gasteiger partial charge in [0.25, 0.3) is 0 Å². The second-order valence-corrected chi connectivity index (χ2v) is 11.2. The van der Waals surface area contributed by atoms with Gasteiger partial charge in [0.1, 0.15) is 0 Å². The van der Waals surface area contributed by atoms with Gasteiger partial charge in [-0.1, -0.05) is 25.7 Å². The molecule has 0 aliphatic carbocycles. The first-order chi connectivity index (χ1) is 5.97. The van der Waals surface area contributed by atoms with Crippen molar-refractivity contribution in [2.24, 2.45) is 5.41 Å². The Morgan fingerprint density at radius 2 is 1.77 bits per heavy atom. The van der Waals surface area contributed by atoms with Crippen LogP contribution in [0.4, 0.5) is 0 Å². The highest BCUT2D eigenvalue weighted by Gasteiger charge is 2.36. The minimum absolute atomic E-state index is 0.407. The second kappa shape index (κ2) is 4.33. The van der Waals surface area contributed by atoms with Crippen LogP contribution in [0.25, 0.3) is 0 Å².